The maximum absolute atomic E-state index is 2.42. The lowest BCUT2D eigenvalue weighted by Gasteiger charge is -2.11. The Labute approximate surface area is 290 Å². The molecular weight excluding hydrogens is 605 g/mol. The van der Waals surface area contributed by atoms with Crippen molar-refractivity contribution in [3.63, 3.8) is 0 Å². The third-order valence-corrected chi connectivity index (χ3v) is 10.1. The van der Waals surface area contributed by atoms with Crippen molar-refractivity contribution in [2.24, 2.45) is 0 Å². The van der Waals surface area contributed by atoms with Gasteiger partial charge in [-0.2, -0.15) is 0 Å². The van der Waals surface area contributed by atoms with Crippen molar-refractivity contribution in [2.45, 2.75) is 0 Å². The van der Waals surface area contributed by atoms with Crippen molar-refractivity contribution in [1.29, 1.82) is 0 Å². The zero-order valence-electron chi connectivity index (χ0n) is 27.4. The van der Waals surface area contributed by atoms with E-state index >= 15 is 0 Å². The highest BCUT2D eigenvalue weighted by molar-refractivity contribution is 6.19. The van der Waals surface area contributed by atoms with E-state index < -0.39 is 0 Å². The number of nitrogens with zero attached hydrogens (tertiary/aromatic N) is 2. The van der Waals surface area contributed by atoms with Crippen LogP contribution in [-0.4, -0.2) is 9.13 Å². The third kappa shape index (κ3) is 4.57. The summed E-state index contributed by atoms with van der Waals surface area (Å²) in [6.45, 7) is 0. The summed E-state index contributed by atoms with van der Waals surface area (Å²) in [5.74, 6) is 0. The summed E-state index contributed by atoms with van der Waals surface area (Å²) < 4.78 is 4.84. The normalized spacial score (nSPS) is 11.6. The molecule has 0 aliphatic carbocycles. The monoisotopic (exact) mass is 636 g/mol. The van der Waals surface area contributed by atoms with E-state index in [-0.39, 0.29) is 0 Å². The molecule has 2 heterocycles. The highest BCUT2D eigenvalue weighted by Gasteiger charge is 2.18. The lowest BCUT2D eigenvalue weighted by molar-refractivity contribution is 1.17. The van der Waals surface area contributed by atoms with Gasteiger partial charge >= 0.3 is 0 Å². The zero-order chi connectivity index (χ0) is 33.0. The molecular formula is C48H32N2. The van der Waals surface area contributed by atoms with Gasteiger partial charge in [0.25, 0.3) is 0 Å². The summed E-state index contributed by atoms with van der Waals surface area (Å²) >= 11 is 0. The van der Waals surface area contributed by atoms with Gasteiger partial charge in [-0.25, -0.2) is 0 Å². The van der Waals surface area contributed by atoms with Gasteiger partial charge in [0.1, 0.15) is 0 Å². The number of fused-ring (bicyclic) bond motifs is 6. The van der Waals surface area contributed by atoms with Crippen LogP contribution in [0.4, 0.5) is 0 Å². The molecule has 0 N–H and O–H groups in total. The van der Waals surface area contributed by atoms with E-state index in [0.717, 1.165) is 11.4 Å². The molecule has 0 saturated heterocycles. The van der Waals surface area contributed by atoms with Gasteiger partial charge in [0.05, 0.1) is 22.1 Å². The number of para-hydroxylation sites is 2. The molecule has 0 spiro atoms. The SMILES string of the molecule is c1ccc(-c2ccc(-c3ccc(-n4c5ccccc5c5cc6c(cc54)c4ccccc4n6-c4ccc(-c5ccccc5)cc4)cc3)cc2)cc1. The largest absolute Gasteiger partial charge is 0.309 e. The van der Waals surface area contributed by atoms with Gasteiger partial charge < -0.3 is 9.13 Å². The third-order valence-electron chi connectivity index (χ3n) is 10.1. The molecule has 0 unspecified atom stereocenters. The molecule has 10 rings (SSSR count). The Bertz CT molecular complexity index is 2800. The van der Waals surface area contributed by atoms with Gasteiger partial charge in [0, 0.05) is 32.9 Å². The molecule has 234 valence electrons. The Morgan fingerprint density at radius 1 is 0.220 bits per heavy atom. The second-order valence-electron chi connectivity index (χ2n) is 13.0. The lowest BCUT2D eigenvalue weighted by atomic mass is 10.0. The molecule has 0 bridgehead atoms. The van der Waals surface area contributed by atoms with Crippen molar-refractivity contribution >= 4 is 43.6 Å². The molecule has 0 aliphatic heterocycles. The number of hydrogen-bond donors (Lipinski definition) is 0. The standard InChI is InChI=1S/C48H32N2/c1-3-11-33(12-4-1)35-19-21-36(22-20-35)38-25-29-40(30-26-38)50-46-18-10-8-16-42(46)44-31-47-43(32-48(44)50)41-15-7-9-17-45(41)49(47)39-27-23-37(24-28-39)34-13-5-2-6-14-34/h1-32H. The van der Waals surface area contributed by atoms with Crippen LogP contribution in [0.3, 0.4) is 0 Å². The molecule has 2 nitrogen and oxygen atoms in total. The number of rotatable bonds is 5. The first kappa shape index (κ1) is 28.4. The Balaban J connectivity index is 1.11. The van der Waals surface area contributed by atoms with Crippen molar-refractivity contribution in [3.8, 4) is 44.8 Å². The van der Waals surface area contributed by atoms with Crippen LogP contribution >= 0.6 is 0 Å². The Morgan fingerprint density at radius 3 is 0.900 bits per heavy atom. The van der Waals surface area contributed by atoms with Crippen LogP contribution < -0.4 is 0 Å². The summed E-state index contributed by atoms with van der Waals surface area (Å²) in [6.07, 6.45) is 0. The average Bonchev–Trinajstić information content (AvgIpc) is 3.70. The quantitative estimate of drug-likeness (QED) is 0.178. The van der Waals surface area contributed by atoms with Crippen LogP contribution in [0.5, 0.6) is 0 Å². The van der Waals surface area contributed by atoms with E-state index in [1.807, 2.05) is 0 Å². The van der Waals surface area contributed by atoms with Crippen LogP contribution in [0.1, 0.15) is 0 Å². The number of benzene rings is 8. The highest BCUT2D eigenvalue weighted by Crippen LogP contribution is 2.40. The minimum Gasteiger partial charge on any atom is -0.309 e. The summed E-state index contributed by atoms with van der Waals surface area (Å²) in [6, 6.07) is 70.3. The first-order chi connectivity index (χ1) is 24.8. The minimum atomic E-state index is 1.15. The summed E-state index contributed by atoms with van der Waals surface area (Å²) in [4.78, 5) is 0. The maximum Gasteiger partial charge on any atom is 0.0548 e. The number of aromatic nitrogens is 2. The fourth-order valence-corrected chi connectivity index (χ4v) is 7.71. The summed E-state index contributed by atoms with van der Waals surface area (Å²) in [7, 11) is 0. The summed E-state index contributed by atoms with van der Waals surface area (Å²) in [5.41, 5.74) is 14.5. The van der Waals surface area contributed by atoms with E-state index in [0.29, 0.717) is 0 Å². The minimum absolute atomic E-state index is 1.15. The predicted molar refractivity (Wildman–Crippen MR) is 211 cm³/mol. The van der Waals surface area contributed by atoms with Crippen molar-refractivity contribution in [1.82, 2.24) is 9.13 Å². The van der Waals surface area contributed by atoms with Gasteiger partial charge in [0.2, 0.25) is 0 Å². The molecule has 50 heavy (non-hydrogen) atoms. The van der Waals surface area contributed by atoms with E-state index in [4.69, 9.17) is 0 Å². The van der Waals surface area contributed by atoms with E-state index in [9.17, 15) is 0 Å². The molecule has 10 aromatic rings. The van der Waals surface area contributed by atoms with Crippen LogP contribution in [0.15, 0.2) is 194 Å². The van der Waals surface area contributed by atoms with Gasteiger partial charge in [-0.3, -0.25) is 0 Å². The van der Waals surface area contributed by atoms with Gasteiger partial charge in [-0.05, 0) is 81.9 Å². The molecule has 2 aromatic heterocycles. The smallest absolute Gasteiger partial charge is 0.0548 e. The molecule has 2 heteroatoms. The molecule has 0 amide bonds. The maximum atomic E-state index is 2.42. The second-order valence-corrected chi connectivity index (χ2v) is 13.0. The highest BCUT2D eigenvalue weighted by atomic mass is 15.0. The molecule has 0 radical (unpaired) electrons. The van der Waals surface area contributed by atoms with Crippen molar-refractivity contribution in [3.05, 3.63) is 194 Å². The van der Waals surface area contributed by atoms with Crippen molar-refractivity contribution in [2.75, 3.05) is 0 Å². The van der Waals surface area contributed by atoms with Gasteiger partial charge in [0.15, 0.2) is 0 Å². The Kier molecular flexibility index (Phi) is 6.53. The van der Waals surface area contributed by atoms with Crippen LogP contribution in [-0.2, 0) is 0 Å². The molecule has 0 atom stereocenters. The second kappa shape index (κ2) is 11.5. The van der Waals surface area contributed by atoms with Crippen LogP contribution in [0, 0.1) is 0 Å². The zero-order valence-corrected chi connectivity index (χ0v) is 27.4. The fraction of sp³-hybridized carbons (Fsp3) is 0. The molecule has 0 saturated carbocycles. The van der Waals surface area contributed by atoms with Crippen molar-refractivity contribution < 1.29 is 0 Å². The first-order valence-electron chi connectivity index (χ1n) is 17.2. The average molecular weight is 637 g/mol. The summed E-state index contributed by atoms with van der Waals surface area (Å²) in [5, 5.41) is 5.00. The number of hydrogen-bond acceptors (Lipinski definition) is 0. The van der Waals surface area contributed by atoms with Gasteiger partial charge in [-0.1, -0.05) is 146 Å². The first-order valence-corrected chi connectivity index (χ1v) is 17.2. The van der Waals surface area contributed by atoms with E-state index in [1.165, 1.54) is 77.0 Å². The Hall–Kier alpha value is -6.64. The topological polar surface area (TPSA) is 9.86 Å². The lowest BCUT2D eigenvalue weighted by Crippen LogP contribution is -1.95. The molecule has 0 aliphatic rings. The fourth-order valence-electron chi connectivity index (χ4n) is 7.71. The predicted octanol–water partition coefficient (Wildman–Crippen LogP) is 12.9. The van der Waals surface area contributed by atoms with Gasteiger partial charge in [-0.15, -0.1) is 0 Å². The van der Waals surface area contributed by atoms with E-state index in [1.54, 1.807) is 0 Å². The molecule has 8 aromatic carbocycles. The van der Waals surface area contributed by atoms with Crippen LogP contribution in [0.2, 0.25) is 0 Å². The molecule has 0 fully saturated rings. The van der Waals surface area contributed by atoms with Crippen LogP contribution in [0.25, 0.3) is 88.4 Å². The Morgan fingerprint density at radius 2 is 0.520 bits per heavy atom. The van der Waals surface area contributed by atoms with E-state index in [2.05, 4.69) is 203 Å².